The molecule has 1 unspecified atom stereocenters. The fraction of sp³-hybridized carbons (Fsp3) is 0.727. The molecule has 0 spiro atoms. The summed E-state index contributed by atoms with van der Waals surface area (Å²) < 4.78 is 0. The van der Waals surface area contributed by atoms with E-state index < -0.39 is 0 Å². The maximum absolute atomic E-state index is 8.58. The summed E-state index contributed by atoms with van der Waals surface area (Å²) in [6.07, 6.45) is 4.69. The Kier molecular flexibility index (Phi) is 3.98. The van der Waals surface area contributed by atoms with E-state index >= 15 is 0 Å². The largest absolute Gasteiger partial charge is 0.299 e. The molecular weight excluding hydrogens is 160 g/mol. The van der Waals surface area contributed by atoms with Crippen molar-refractivity contribution in [3.05, 3.63) is 11.6 Å². The van der Waals surface area contributed by atoms with Crippen molar-refractivity contribution in [2.24, 2.45) is 5.92 Å². The number of hydrogen-bond donors (Lipinski definition) is 0. The molecule has 1 saturated heterocycles. The number of piperidine rings is 1. The predicted molar refractivity (Wildman–Crippen MR) is 54.2 cm³/mol. The molecule has 0 aliphatic carbocycles. The molecule has 0 amide bonds. The fourth-order valence-corrected chi connectivity index (χ4v) is 1.76. The number of nitriles is 1. The first-order chi connectivity index (χ1) is 6.22. The van der Waals surface area contributed by atoms with Crippen molar-refractivity contribution < 1.29 is 0 Å². The lowest BCUT2D eigenvalue weighted by Gasteiger charge is -2.29. The van der Waals surface area contributed by atoms with E-state index in [1.165, 1.54) is 25.9 Å². The minimum absolute atomic E-state index is 0.824. The molecule has 2 nitrogen and oxygen atoms in total. The average Bonchev–Trinajstić information content (AvgIpc) is 2.14. The molecule has 0 bridgehead atoms. The van der Waals surface area contributed by atoms with Crippen LogP contribution in [0.15, 0.2) is 11.6 Å². The zero-order chi connectivity index (χ0) is 9.68. The van der Waals surface area contributed by atoms with Crippen LogP contribution in [0.3, 0.4) is 0 Å². The molecule has 1 aliphatic rings. The maximum Gasteiger partial charge on any atom is 0.0941 e. The van der Waals surface area contributed by atoms with Gasteiger partial charge in [-0.15, -0.1) is 0 Å². The SMILES string of the molecule is C/C(C#N)=C/CN1CCCC(C)C1. The van der Waals surface area contributed by atoms with E-state index in [-0.39, 0.29) is 0 Å². The van der Waals surface area contributed by atoms with Crippen LogP contribution >= 0.6 is 0 Å². The third-order valence-corrected chi connectivity index (χ3v) is 2.57. The van der Waals surface area contributed by atoms with Crippen LogP contribution in [0.2, 0.25) is 0 Å². The van der Waals surface area contributed by atoms with Gasteiger partial charge in [0.05, 0.1) is 6.07 Å². The summed E-state index contributed by atoms with van der Waals surface area (Å²) in [5.74, 6) is 0.824. The molecule has 13 heavy (non-hydrogen) atoms. The Hall–Kier alpha value is -0.810. The minimum atomic E-state index is 0.824. The first-order valence-electron chi connectivity index (χ1n) is 5.01. The highest BCUT2D eigenvalue weighted by molar-refractivity contribution is 5.17. The first-order valence-corrected chi connectivity index (χ1v) is 5.01. The van der Waals surface area contributed by atoms with E-state index in [2.05, 4.69) is 17.9 Å². The molecular formula is C11H18N2. The Morgan fingerprint density at radius 3 is 3.08 bits per heavy atom. The van der Waals surface area contributed by atoms with Gasteiger partial charge in [-0.3, -0.25) is 4.90 Å². The number of nitrogens with zero attached hydrogens (tertiary/aromatic N) is 2. The Morgan fingerprint density at radius 2 is 2.46 bits per heavy atom. The lowest BCUT2D eigenvalue weighted by Crippen LogP contribution is -2.34. The van der Waals surface area contributed by atoms with Crippen molar-refractivity contribution in [3.63, 3.8) is 0 Å². The van der Waals surface area contributed by atoms with Gasteiger partial charge < -0.3 is 0 Å². The predicted octanol–water partition coefficient (Wildman–Crippen LogP) is 2.19. The average molecular weight is 178 g/mol. The molecule has 1 aliphatic heterocycles. The Labute approximate surface area is 80.8 Å². The fourth-order valence-electron chi connectivity index (χ4n) is 1.76. The van der Waals surface area contributed by atoms with E-state index in [9.17, 15) is 0 Å². The summed E-state index contributed by atoms with van der Waals surface area (Å²) in [6.45, 7) is 7.50. The van der Waals surface area contributed by atoms with Crippen LogP contribution in [0.5, 0.6) is 0 Å². The van der Waals surface area contributed by atoms with Gasteiger partial charge in [0, 0.05) is 18.7 Å². The summed E-state index contributed by atoms with van der Waals surface area (Å²) in [4.78, 5) is 2.43. The van der Waals surface area contributed by atoms with Crippen molar-refractivity contribution in [3.8, 4) is 6.07 Å². The van der Waals surface area contributed by atoms with Crippen LogP contribution in [0, 0.1) is 17.2 Å². The van der Waals surface area contributed by atoms with E-state index in [4.69, 9.17) is 5.26 Å². The summed E-state index contributed by atoms with van der Waals surface area (Å²) in [7, 11) is 0. The van der Waals surface area contributed by atoms with Crippen molar-refractivity contribution in [2.75, 3.05) is 19.6 Å². The Bertz CT molecular complexity index is 225. The molecule has 0 radical (unpaired) electrons. The molecule has 2 heteroatoms. The Morgan fingerprint density at radius 1 is 1.69 bits per heavy atom. The molecule has 0 aromatic carbocycles. The van der Waals surface area contributed by atoms with Gasteiger partial charge in [0.1, 0.15) is 0 Å². The van der Waals surface area contributed by atoms with Gasteiger partial charge in [-0.25, -0.2) is 0 Å². The van der Waals surface area contributed by atoms with Crippen molar-refractivity contribution >= 4 is 0 Å². The molecule has 1 heterocycles. The number of hydrogen-bond acceptors (Lipinski definition) is 2. The minimum Gasteiger partial charge on any atom is -0.299 e. The third kappa shape index (κ3) is 3.61. The summed E-state index contributed by atoms with van der Waals surface area (Å²) in [5.41, 5.74) is 0.832. The van der Waals surface area contributed by atoms with Gasteiger partial charge >= 0.3 is 0 Å². The molecule has 0 saturated carbocycles. The van der Waals surface area contributed by atoms with Gasteiger partial charge in [-0.05, 0) is 32.2 Å². The number of likely N-dealkylation sites (tertiary alicyclic amines) is 1. The second kappa shape index (κ2) is 5.04. The summed E-state index contributed by atoms with van der Waals surface area (Å²) in [5, 5.41) is 8.58. The Balaban J connectivity index is 2.33. The molecule has 72 valence electrons. The summed E-state index contributed by atoms with van der Waals surface area (Å²) >= 11 is 0. The lowest BCUT2D eigenvalue weighted by molar-refractivity contribution is 0.201. The molecule has 1 fully saturated rings. The van der Waals surface area contributed by atoms with Crippen LogP contribution in [0.1, 0.15) is 26.7 Å². The van der Waals surface area contributed by atoms with Gasteiger partial charge in [-0.2, -0.15) is 5.26 Å². The lowest BCUT2D eigenvalue weighted by atomic mass is 10.0. The van der Waals surface area contributed by atoms with Crippen LogP contribution in [-0.4, -0.2) is 24.5 Å². The molecule has 0 aromatic heterocycles. The molecule has 0 aromatic rings. The second-order valence-corrected chi connectivity index (χ2v) is 4.01. The van der Waals surface area contributed by atoms with Gasteiger partial charge in [0.2, 0.25) is 0 Å². The molecule has 1 atom stereocenters. The highest BCUT2D eigenvalue weighted by atomic mass is 15.1. The van der Waals surface area contributed by atoms with Crippen LogP contribution < -0.4 is 0 Å². The third-order valence-electron chi connectivity index (χ3n) is 2.57. The normalized spacial score (nSPS) is 25.6. The second-order valence-electron chi connectivity index (χ2n) is 4.01. The van der Waals surface area contributed by atoms with Crippen molar-refractivity contribution in [2.45, 2.75) is 26.7 Å². The van der Waals surface area contributed by atoms with E-state index in [0.29, 0.717) is 0 Å². The first kappa shape index (κ1) is 10.3. The van der Waals surface area contributed by atoms with E-state index in [1.807, 2.05) is 13.0 Å². The zero-order valence-corrected chi connectivity index (χ0v) is 8.58. The van der Waals surface area contributed by atoms with Crippen LogP contribution in [0.4, 0.5) is 0 Å². The van der Waals surface area contributed by atoms with E-state index in [0.717, 1.165) is 18.0 Å². The van der Waals surface area contributed by atoms with Gasteiger partial charge in [0.15, 0.2) is 0 Å². The topological polar surface area (TPSA) is 27.0 Å². The van der Waals surface area contributed by atoms with Crippen LogP contribution in [0.25, 0.3) is 0 Å². The maximum atomic E-state index is 8.58. The van der Waals surface area contributed by atoms with Crippen molar-refractivity contribution in [1.29, 1.82) is 5.26 Å². The van der Waals surface area contributed by atoms with Gasteiger partial charge in [0.25, 0.3) is 0 Å². The quantitative estimate of drug-likeness (QED) is 0.606. The highest BCUT2D eigenvalue weighted by Gasteiger charge is 2.14. The molecule has 1 rings (SSSR count). The monoisotopic (exact) mass is 178 g/mol. The summed E-state index contributed by atoms with van der Waals surface area (Å²) in [6, 6.07) is 2.15. The highest BCUT2D eigenvalue weighted by Crippen LogP contribution is 2.15. The van der Waals surface area contributed by atoms with Gasteiger partial charge in [-0.1, -0.05) is 13.0 Å². The van der Waals surface area contributed by atoms with Crippen molar-refractivity contribution in [1.82, 2.24) is 4.90 Å². The molecule has 0 N–H and O–H groups in total. The zero-order valence-electron chi connectivity index (χ0n) is 8.58. The number of allylic oxidation sites excluding steroid dienone is 1. The van der Waals surface area contributed by atoms with E-state index in [1.54, 1.807) is 0 Å². The standard InChI is InChI=1S/C11H18N2/c1-10(8-12)5-7-13-6-3-4-11(2)9-13/h5,11H,3-4,6-7,9H2,1-2H3/b10-5-. The number of rotatable bonds is 2. The smallest absolute Gasteiger partial charge is 0.0941 e. The van der Waals surface area contributed by atoms with Crippen LogP contribution in [-0.2, 0) is 0 Å².